The summed E-state index contributed by atoms with van der Waals surface area (Å²) in [5.41, 5.74) is 7.50. The molecule has 0 fully saturated rings. The molecule has 0 bridgehead atoms. The Labute approximate surface area is 159 Å². The van der Waals surface area contributed by atoms with Crippen molar-refractivity contribution in [3.05, 3.63) is 54.4 Å². The number of nitrogens with two attached hydrogens (primary N) is 1. The molecule has 0 aliphatic carbocycles. The van der Waals surface area contributed by atoms with Gasteiger partial charge in [0.15, 0.2) is 0 Å². The van der Waals surface area contributed by atoms with E-state index < -0.39 is 6.04 Å². The number of Topliss-reactive ketones (excluding diaryl/α,β-unsaturated/α-hetero) is 1. The summed E-state index contributed by atoms with van der Waals surface area (Å²) >= 11 is 0. The third-order valence-corrected chi connectivity index (χ3v) is 4.51. The zero-order valence-corrected chi connectivity index (χ0v) is 15.8. The number of hydrogen-bond acceptors (Lipinski definition) is 6. The molecule has 2 aromatic carbocycles. The zero-order valence-electron chi connectivity index (χ0n) is 15.8. The minimum absolute atomic E-state index is 0.0109. The van der Waals surface area contributed by atoms with Gasteiger partial charge in [-0.1, -0.05) is 12.1 Å². The van der Waals surface area contributed by atoms with E-state index in [0.717, 1.165) is 28.2 Å². The molecule has 6 heteroatoms. The fourth-order valence-corrected chi connectivity index (χ4v) is 2.86. The average molecular weight is 364 g/mol. The van der Waals surface area contributed by atoms with Crippen LogP contribution in [0.25, 0.3) is 10.9 Å². The first-order valence-electron chi connectivity index (χ1n) is 8.91. The molecular formula is C21H24N4O2. The number of aryl methyl sites for hydroxylation is 1. The smallest absolute Gasteiger partial charge is 0.149 e. The maximum atomic E-state index is 11.9. The molecule has 3 rings (SSSR count). The second kappa shape index (κ2) is 8.14. The SMILES string of the molecule is COc1ccc(N(C)c2nc(CCC(=O)[C@@H](C)N)nc3ccccc23)cc1. The van der Waals surface area contributed by atoms with Gasteiger partial charge in [0.25, 0.3) is 0 Å². The molecule has 6 nitrogen and oxygen atoms in total. The molecule has 0 amide bonds. The van der Waals surface area contributed by atoms with Crippen molar-refractivity contribution in [1.29, 1.82) is 0 Å². The van der Waals surface area contributed by atoms with Gasteiger partial charge in [-0.2, -0.15) is 0 Å². The van der Waals surface area contributed by atoms with E-state index in [9.17, 15) is 4.79 Å². The maximum Gasteiger partial charge on any atom is 0.149 e. The summed E-state index contributed by atoms with van der Waals surface area (Å²) in [6.07, 6.45) is 0.802. The second-order valence-electron chi connectivity index (χ2n) is 6.49. The Kier molecular flexibility index (Phi) is 5.66. The van der Waals surface area contributed by atoms with E-state index in [-0.39, 0.29) is 5.78 Å². The van der Waals surface area contributed by atoms with Gasteiger partial charge in [-0.05, 0) is 43.3 Å². The molecule has 2 N–H and O–H groups in total. The van der Waals surface area contributed by atoms with E-state index in [2.05, 4.69) is 4.98 Å². The van der Waals surface area contributed by atoms with Crippen molar-refractivity contribution in [2.75, 3.05) is 19.1 Å². The molecule has 1 atom stereocenters. The predicted molar refractivity (Wildman–Crippen MR) is 108 cm³/mol. The molecule has 0 unspecified atom stereocenters. The summed E-state index contributed by atoms with van der Waals surface area (Å²) < 4.78 is 5.23. The summed E-state index contributed by atoms with van der Waals surface area (Å²) in [5, 5.41) is 0.957. The monoisotopic (exact) mass is 364 g/mol. The Balaban J connectivity index is 1.97. The molecule has 27 heavy (non-hydrogen) atoms. The fourth-order valence-electron chi connectivity index (χ4n) is 2.86. The van der Waals surface area contributed by atoms with Crippen LogP contribution in [0.1, 0.15) is 19.2 Å². The van der Waals surface area contributed by atoms with Crippen molar-refractivity contribution >= 4 is 28.2 Å². The van der Waals surface area contributed by atoms with Crippen molar-refractivity contribution in [3.63, 3.8) is 0 Å². The molecule has 1 heterocycles. The van der Waals surface area contributed by atoms with E-state index in [1.165, 1.54) is 0 Å². The standard InChI is InChI=1S/C21H24N4O2/c1-14(22)19(26)12-13-20-23-18-7-5-4-6-17(18)21(24-20)25(2)15-8-10-16(27-3)11-9-15/h4-11,14H,12-13,22H2,1-3H3/t14-/m1/s1. The van der Waals surface area contributed by atoms with Gasteiger partial charge < -0.3 is 15.4 Å². The zero-order chi connectivity index (χ0) is 19.4. The number of hydrogen-bond donors (Lipinski definition) is 1. The van der Waals surface area contributed by atoms with Gasteiger partial charge in [-0.25, -0.2) is 9.97 Å². The van der Waals surface area contributed by atoms with Crippen LogP contribution in [0.15, 0.2) is 48.5 Å². The van der Waals surface area contributed by atoms with E-state index in [0.29, 0.717) is 18.7 Å². The van der Waals surface area contributed by atoms with Crippen molar-refractivity contribution in [2.45, 2.75) is 25.8 Å². The average Bonchev–Trinajstić information content (AvgIpc) is 2.70. The molecule has 0 saturated carbocycles. The quantitative estimate of drug-likeness (QED) is 0.693. The third-order valence-electron chi connectivity index (χ3n) is 4.51. The summed E-state index contributed by atoms with van der Waals surface area (Å²) in [6, 6.07) is 15.2. The largest absolute Gasteiger partial charge is 0.497 e. The molecule has 0 aliphatic rings. The van der Waals surface area contributed by atoms with Crippen LogP contribution in [0.5, 0.6) is 5.75 Å². The van der Waals surface area contributed by atoms with Crippen LogP contribution in [0.4, 0.5) is 11.5 Å². The van der Waals surface area contributed by atoms with Crippen molar-refractivity contribution < 1.29 is 9.53 Å². The number of para-hydroxylation sites is 1. The molecular weight excluding hydrogens is 340 g/mol. The topological polar surface area (TPSA) is 81.3 Å². The Morgan fingerprint density at radius 2 is 1.85 bits per heavy atom. The van der Waals surface area contributed by atoms with Gasteiger partial charge in [0.1, 0.15) is 23.2 Å². The number of ketones is 1. The first kappa shape index (κ1) is 18.8. The highest BCUT2D eigenvalue weighted by atomic mass is 16.5. The lowest BCUT2D eigenvalue weighted by Gasteiger charge is -2.21. The molecule has 0 spiro atoms. The molecule has 0 aliphatic heterocycles. The summed E-state index contributed by atoms with van der Waals surface area (Å²) in [5.74, 6) is 2.25. The van der Waals surface area contributed by atoms with Crippen LogP contribution < -0.4 is 15.4 Å². The Morgan fingerprint density at radius 3 is 2.52 bits per heavy atom. The molecule has 0 radical (unpaired) electrons. The number of nitrogens with zero attached hydrogens (tertiary/aromatic N) is 3. The third kappa shape index (κ3) is 4.23. The Hall–Kier alpha value is -2.99. The fraction of sp³-hybridized carbons (Fsp3) is 0.286. The molecule has 3 aromatic rings. The highest BCUT2D eigenvalue weighted by Gasteiger charge is 2.15. The van der Waals surface area contributed by atoms with Crippen LogP contribution in [0, 0.1) is 0 Å². The summed E-state index contributed by atoms with van der Waals surface area (Å²) in [7, 11) is 3.61. The first-order chi connectivity index (χ1) is 13.0. The number of anilines is 2. The predicted octanol–water partition coefficient (Wildman–Crippen LogP) is 3.26. The van der Waals surface area contributed by atoms with Crippen LogP contribution in [0.3, 0.4) is 0 Å². The van der Waals surface area contributed by atoms with Crippen LogP contribution in [-0.4, -0.2) is 36.0 Å². The highest BCUT2D eigenvalue weighted by Crippen LogP contribution is 2.30. The number of aromatic nitrogens is 2. The number of benzene rings is 2. The minimum Gasteiger partial charge on any atom is -0.497 e. The van der Waals surface area contributed by atoms with Gasteiger partial charge in [0, 0.05) is 31.0 Å². The first-order valence-corrected chi connectivity index (χ1v) is 8.91. The minimum atomic E-state index is -0.466. The van der Waals surface area contributed by atoms with E-state index in [1.807, 2.05) is 60.5 Å². The normalized spacial score (nSPS) is 12.0. The lowest BCUT2D eigenvalue weighted by atomic mass is 10.1. The maximum absolute atomic E-state index is 11.9. The number of carbonyl (C=O) groups excluding carboxylic acids is 1. The van der Waals surface area contributed by atoms with Gasteiger partial charge in [0.05, 0.1) is 18.7 Å². The van der Waals surface area contributed by atoms with Crippen LogP contribution in [0.2, 0.25) is 0 Å². The van der Waals surface area contributed by atoms with Crippen LogP contribution in [-0.2, 0) is 11.2 Å². The lowest BCUT2D eigenvalue weighted by Crippen LogP contribution is -2.27. The van der Waals surface area contributed by atoms with Gasteiger partial charge in [0.2, 0.25) is 0 Å². The number of ether oxygens (including phenoxy) is 1. The number of carbonyl (C=O) groups is 1. The van der Waals surface area contributed by atoms with E-state index >= 15 is 0 Å². The second-order valence-corrected chi connectivity index (χ2v) is 6.49. The van der Waals surface area contributed by atoms with Crippen molar-refractivity contribution in [3.8, 4) is 5.75 Å². The van der Waals surface area contributed by atoms with Crippen molar-refractivity contribution in [2.24, 2.45) is 5.73 Å². The Morgan fingerprint density at radius 1 is 1.15 bits per heavy atom. The Bertz CT molecular complexity index is 939. The van der Waals surface area contributed by atoms with E-state index in [1.54, 1.807) is 14.0 Å². The van der Waals surface area contributed by atoms with Gasteiger partial charge >= 0.3 is 0 Å². The number of methoxy groups -OCH3 is 1. The molecule has 0 saturated heterocycles. The number of rotatable bonds is 7. The molecule has 140 valence electrons. The lowest BCUT2D eigenvalue weighted by molar-refractivity contribution is -0.119. The number of fused-ring (bicyclic) bond motifs is 1. The summed E-state index contributed by atoms with van der Waals surface area (Å²) in [4.78, 5) is 23.3. The van der Waals surface area contributed by atoms with Crippen molar-refractivity contribution in [1.82, 2.24) is 9.97 Å². The summed E-state index contributed by atoms with van der Waals surface area (Å²) in [6.45, 7) is 1.70. The van der Waals surface area contributed by atoms with Gasteiger partial charge in [-0.15, -0.1) is 0 Å². The van der Waals surface area contributed by atoms with Gasteiger partial charge in [-0.3, -0.25) is 4.79 Å². The van der Waals surface area contributed by atoms with Crippen LogP contribution >= 0.6 is 0 Å². The molecule has 1 aromatic heterocycles. The van der Waals surface area contributed by atoms with E-state index in [4.69, 9.17) is 15.5 Å². The highest BCUT2D eigenvalue weighted by molar-refractivity contribution is 5.91.